The highest BCUT2D eigenvalue weighted by Gasteiger charge is 2.59. The van der Waals surface area contributed by atoms with Crippen LogP contribution in [-0.2, 0) is 27.7 Å². The van der Waals surface area contributed by atoms with Crippen molar-refractivity contribution in [3.8, 4) is 16.9 Å². The number of aliphatic carboxylic acids is 1. The topological polar surface area (TPSA) is 96.8 Å². The highest BCUT2D eigenvalue weighted by atomic mass is 32.2. The van der Waals surface area contributed by atoms with Gasteiger partial charge in [0, 0.05) is 42.1 Å². The number of ether oxygens (including phenoxy) is 1. The maximum Gasteiger partial charge on any atom is 0.307 e. The molecule has 1 saturated carbocycles. The van der Waals surface area contributed by atoms with Crippen molar-refractivity contribution in [2.45, 2.75) is 31.1 Å². The summed E-state index contributed by atoms with van der Waals surface area (Å²) in [5.41, 5.74) is 5.10. The Balaban J connectivity index is 1.15. The summed E-state index contributed by atoms with van der Waals surface area (Å²) in [4.78, 5) is 17.9. The Hall–Kier alpha value is -3.46. The van der Waals surface area contributed by atoms with Crippen LogP contribution in [-0.4, -0.2) is 49.1 Å². The molecule has 3 unspecified atom stereocenters. The summed E-state index contributed by atoms with van der Waals surface area (Å²) in [6.45, 7) is 2.82. The van der Waals surface area contributed by atoms with E-state index in [-0.39, 0.29) is 35.4 Å². The van der Waals surface area contributed by atoms with Gasteiger partial charge in [-0.15, -0.1) is 0 Å². The van der Waals surface area contributed by atoms with Crippen LogP contribution < -0.4 is 9.64 Å². The number of benzene rings is 2. The molecule has 7 nitrogen and oxygen atoms in total. The standard InChI is InChI=1S/C28H27FN2O5S/c1-15-21(6-8-25(30-15)31-12-20(13-31)37(2,34)35)16-3-7-24(29)18(9-16)14-36-19-4-5-22-17(10-19)11-23-26(22)27(23)28(32)33/h3-10,20,23,26-27H,11-14H2,1-2H3,(H,32,33). The van der Waals surface area contributed by atoms with Crippen LogP contribution in [0, 0.1) is 24.6 Å². The van der Waals surface area contributed by atoms with Crippen molar-refractivity contribution in [1.82, 2.24) is 4.98 Å². The van der Waals surface area contributed by atoms with Gasteiger partial charge >= 0.3 is 5.97 Å². The molecular formula is C28H27FN2O5S. The van der Waals surface area contributed by atoms with Gasteiger partial charge in [0.15, 0.2) is 9.84 Å². The van der Waals surface area contributed by atoms with E-state index in [0.717, 1.165) is 40.2 Å². The third-order valence-electron chi connectivity index (χ3n) is 7.98. The van der Waals surface area contributed by atoms with E-state index in [9.17, 15) is 22.7 Å². The molecule has 1 N–H and O–H groups in total. The fourth-order valence-corrected chi connectivity index (χ4v) is 6.66. The summed E-state index contributed by atoms with van der Waals surface area (Å²) >= 11 is 0. The number of hydrogen-bond donors (Lipinski definition) is 1. The Morgan fingerprint density at radius 1 is 1.16 bits per heavy atom. The number of carbonyl (C=O) groups is 1. The lowest BCUT2D eigenvalue weighted by molar-refractivity contribution is -0.139. The van der Waals surface area contributed by atoms with E-state index < -0.39 is 15.8 Å². The van der Waals surface area contributed by atoms with Crippen LogP contribution in [0.25, 0.3) is 11.1 Å². The number of fused-ring (bicyclic) bond motifs is 3. The van der Waals surface area contributed by atoms with Gasteiger partial charge in [0.1, 0.15) is 24.0 Å². The van der Waals surface area contributed by atoms with E-state index in [0.29, 0.717) is 24.4 Å². The van der Waals surface area contributed by atoms with Crippen molar-refractivity contribution in [2.75, 3.05) is 24.2 Å². The number of hydrogen-bond acceptors (Lipinski definition) is 6. The quantitative estimate of drug-likeness (QED) is 0.501. The minimum Gasteiger partial charge on any atom is -0.489 e. The minimum absolute atomic E-state index is 0.0638. The van der Waals surface area contributed by atoms with Gasteiger partial charge in [0.2, 0.25) is 0 Å². The van der Waals surface area contributed by atoms with Crippen LogP contribution in [0.3, 0.4) is 0 Å². The molecule has 2 aliphatic carbocycles. The van der Waals surface area contributed by atoms with Crippen molar-refractivity contribution >= 4 is 21.6 Å². The first-order valence-electron chi connectivity index (χ1n) is 12.3. The largest absolute Gasteiger partial charge is 0.489 e. The molecule has 0 bridgehead atoms. The van der Waals surface area contributed by atoms with Crippen molar-refractivity contribution < 1.29 is 27.4 Å². The molecule has 3 aromatic rings. The summed E-state index contributed by atoms with van der Waals surface area (Å²) < 4.78 is 43.9. The predicted octanol–water partition coefficient (Wildman–Crippen LogP) is 3.98. The van der Waals surface area contributed by atoms with E-state index in [1.165, 1.54) is 12.3 Å². The maximum atomic E-state index is 14.6. The summed E-state index contributed by atoms with van der Waals surface area (Å²) in [6.07, 6.45) is 2.00. The zero-order valence-corrected chi connectivity index (χ0v) is 21.3. The van der Waals surface area contributed by atoms with Crippen LogP contribution in [0.15, 0.2) is 48.5 Å². The predicted molar refractivity (Wildman–Crippen MR) is 137 cm³/mol. The normalized spacial score (nSPS) is 22.2. The van der Waals surface area contributed by atoms with Crippen molar-refractivity contribution in [3.63, 3.8) is 0 Å². The van der Waals surface area contributed by atoms with E-state index in [1.807, 2.05) is 42.2 Å². The molecule has 9 heteroatoms. The third-order valence-corrected chi connectivity index (χ3v) is 9.49. The summed E-state index contributed by atoms with van der Waals surface area (Å²) in [6, 6.07) is 14.4. The lowest BCUT2D eigenvalue weighted by Gasteiger charge is -2.39. The number of aryl methyl sites for hydroxylation is 1. The first-order chi connectivity index (χ1) is 17.6. The number of sulfone groups is 1. The first-order valence-corrected chi connectivity index (χ1v) is 14.2. The van der Waals surface area contributed by atoms with Gasteiger partial charge in [0.05, 0.1) is 11.2 Å². The molecule has 0 amide bonds. The van der Waals surface area contributed by atoms with Gasteiger partial charge in [-0.1, -0.05) is 12.1 Å². The monoisotopic (exact) mass is 522 g/mol. The molecule has 37 heavy (non-hydrogen) atoms. The molecule has 2 fully saturated rings. The van der Waals surface area contributed by atoms with Crippen molar-refractivity contribution in [3.05, 3.63) is 76.7 Å². The van der Waals surface area contributed by atoms with Crippen LogP contribution in [0.4, 0.5) is 10.2 Å². The van der Waals surface area contributed by atoms with E-state index in [2.05, 4.69) is 4.98 Å². The molecule has 1 aromatic heterocycles. The smallest absolute Gasteiger partial charge is 0.307 e. The Morgan fingerprint density at radius 2 is 1.95 bits per heavy atom. The maximum absolute atomic E-state index is 14.6. The fourth-order valence-electron chi connectivity index (χ4n) is 5.76. The zero-order chi connectivity index (χ0) is 26.1. The molecule has 3 aliphatic rings. The molecule has 6 rings (SSSR count). The first kappa shape index (κ1) is 23.9. The van der Waals surface area contributed by atoms with Crippen LogP contribution in [0.5, 0.6) is 5.75 Å². The number of rotatable bonds is 7. The second-order valence-electron chi connectivity index (χ2n) is 10.4. The van der Waals surface area contributed by atoms with E-state index in [4.69, 9.17) is 4.74 Å². The highest BCUT2D eigenvalue weighted by molar-refractivity contribution is 7.91. The SMILES string of the molecule is Cc1nc(N2CC(S(C)(=O)=O)C2)ccc1-c1ccc(F)c(COc2ccc3c(c2)CC2C(C(=O)O)C32)c1. The average molecular weight is 523 g/mol. The molecule has 2 heterocycles. The Kier molecular flexibility index (Phi) is 5.52. The molecule has 0 radical (unpaired) electrons. The van der Waals surface area contributed by atoms with Crippen molar-refractivity contribution in [2.24, 2.45) is 11.8 Å². The number of carboxylic acids is 1. The fraction of sp³-hybridized carbons (Fsp3) is 0.357. The molecule has 1 saturated heterocycles. The van der Waals surface area contributed by atoms with Crippen LogP contribution in [0.2, 0.25) is 0 Å². The van der Waals surface area contributed by atoms with Crippen LogP contribution in [0.1, 0.15) is 28.3 Å². The van der Waals surface area contributed by atoms with Crippen LogP contribution >= 0.6 is 0 Å². The molecule has 1 aliphatic heterocycles. The Labute approximate surface area is 214 Å². The summed E-state index contributed by atoms with van der Waals surface area (Å²) in [5.74, 6) is 0.320. The van der Waals surface area contributed by atoms with Gasteiger partial charge in [0.25, 0.3) is 0 Å². The number of aromatic nitrogens is 1. The van der Waals surface area contributed by atoms with E-state index >= 15 is 0 Å². The van der Waals surface area contributed by atoms with Gasteiger partial charge in [-0.2, -0.15) is 0 Å². The minimum atomic E-state index is -3.05. The average Bonchev–Trinajstić information content (AvgIpc) is 3.39. The zero-order valence-electron chi connectivity index (χ0n) is 20.5. The number of anilines is 1. The second-order valence-corrected chi connectivity index (χ2v) is 12.7. The van der Waals surface area contributed by atoms with Crippen molar-refractivity contribution in [1.29, 1.82) is 0 Å². The Bertz CT molecular complexity index is 1530. The lowest BCUT2D eigenvalue weighted by Crippen LogP contribution is -2.54. The summed E-state index contributed by atoms with van der Waals surface area (Å²) in [5, 5.41) is 8.94. The number of halogens is 1. The van der Waals surface area contributed by atoms with Gasteiger partial charge < -0.3 is 14.7 Å². The molecule has 3 atom stereocenters. The van der Waals surface area contributed by atoms with E-state index in [1.54, 1.807) is 12.1 Å². The van der Waals surface area contributed by atoms with Gasteiger partial charge in [-0.3, -0.25) is 4.79 Å². The molecular weight excluding hydrogens is 495 g/mol. The van der Waals surface area contributed by atoms with Gasteiger partial charge in [-0.05, 0) is 72.4 Å². The second kappa shape index (κ2) is 8.55. The third kappa shape index (κ3) is 4.25. The Morgan fingerprint density at radius 3 is 2.65 bits per heavy atom. The highest BCUT2D eigenvalue weighted by Crippen LogP contribution is 2.61. The summed E-state index contributed by atoms with van der Waals surface area (Å²) in [7, 11) is -3.05. The lowest BCUT2D eigenvalue weighted by atomic mass is 10.0. The molecule has 0 spiro atoms. The number of pyridine rings is 1. The number of nitrogens with zero attached hydrogens (tertiary/aromatic N) is 2. The molecule has 2 aromatic carbocycles. The number of carboxylic acid groups (broad SMARTS) is 1. The van der Waals surface area contributed by atoms with Gasteiger partial charge in [-0.25, -0.2) is 17.8 Å². The molecule has 192 valence electrons.